The number of anilines is 1. The molecule has 2 rings (SSSR count). The summed E-state index contributed by atoms with van der Waals surface area (Å²) in [5, 5.41) is 6.38. The van der Waals surface area contributed by atoms with Crippen LogP contribution in [0.25, 0.3) is 0 Å². The molecule has 2 aromatic rings. The van der Waals surface area contributed by atoms with E-state index in [9.17, 15) is 22.4 Å². The highest BCUT2D eigenvalue weighted by molar-refractivity contribution is 5.93. The van der Waals surface area contributed by atoms with Gasteiger partial charge in [0.05, 0.1) is 12.7 Å². The number of halogens is 4. The maximum Gasteiger partial charge on any atom is 0.411 e. The van der Waals surface area contributed by atoms with E-state index in [4.69, 9.17) is 0 Å². The van der Waals surface area contributed by atoms with Crippen LogP contribution in [0.4, 0.5) is 23.4 Å². The fourth-order valence-corrected chi connectivity index (χ4v) is 1.88. The Kier molecular flexibility index (Phi) is 5.55. The van der Waals surface area contributed by atoms with E-state index >= 15 is 0 Å². The van der Waals surface area contributed by atoms with E-state index in [0.717, 1.165) is 0 Å². The van der Waals surface area contributed by atoms with Crippen LogP contribution in [0.15, 0.2) is 36.5 Å². The highest BCUT2D eigenvalue weighted by Gasteiger charge is 2.30. The van der Waals surface area contributed by atoms with Crippen LogP contribution in [0.1, 0.15) is 12.5 Å². The van der Waals surface area contributed by atoms with Crippen LogP contribution >= 0.6 is 0 Å². The molecule has 1 amide bonds. The number of nitrogens with zero attached hydrogens (tertiary/aromatic N) is 2. The number of hydrogen-bond acceptors (Lipinski definition) is 3. The summed E-state index contributed by atoms with van der Waals surface area (Å²) in [6, 6.07) is 7.52. The number of carbonyl (C=O) groups excluding carboxylic acids is 1. The van der Waals surface area contributed by atoms with Gasteiger partial charge in [-0.1, -0.05) is 18.2 Å². The molecule has 1 aromatic heterocycles. The molecular weight excluding hydrogens is 330 g/mol. The molecule has 1 heterocycles. The van der Waals surface area contributed by atoms with Gasteiger partial charge >= 0.3 is 6.18 Å². The maximum atomic E-state index is 13.7. The lowest BCUT2D eigenvalue weighted by molar-refractivity contribution is -0.184. The molecule has 1 N–H and O–H groups in total. The molecule has 0 saturated carbocycles. The van der Waals surface area contributed by atoms with Crippen LogP contribution in [0.5, 0.6) is 0 Å². The second-order valence-electron chi connectivity index (χ2n) is 5.02. The molecule has 24 heavy (non-hydrogen) atoms. The molecule has 1 aromatic carbocycles. The van der Waals surface area contributed by atoms with Crippen molar-refractivity contribution in [2.75, 3.05) is 11.9 Å². The van der Waals surface area contributed by atoms with Gasteiger partial charge in [-0.2, -0.15) is 18.3 Å². The molecule has 0 aliphatic carbocycles. The molecule has 9 heteroatoms. The first-order valence-electron chi connectivity index (χ1n) is 7.00. The number of hydrogen-bond donors (Lipinski definition) is 1. The molecule has 0 saturated heterocycles. The molecule has 0 radical (unpaired) electrons. The van der Waals surface area contributed by atoms with E-state index in [-0.39, 0.29) is 12.4 Å². The summed E-state index contributed by atoms with van der Waals surface area (Å²) in [4.78, 5) is 11.9. The van der Waals surface area contributed by atoms with Crippen molar-refractivity contribution in [2.24, 2.45) is 0 Å². The van der Waals surface area contributed by atoms with E-state index in [0.29, 0.717) is 5.56 Å². The molecule has 0 spiro atoms. The fourth-order valence-electron chi connectivity index (χ4n) is 1.88. The fraction of sp³-hybridized carbons (Fsp3) is 0.333. The molecule has 5 nitrogen and oxygen atoms in total. The van der Waals surface area contributed by atoms with E-state index in [2.05, 4.69) is 15.2 Å². The lowest BCUT2D eigenvalue weighted by Gasteiger charge is -2.15. The minimum Gasteiger partial charge on any atom is -0.359 e. The average molecular weight is 345 g/mol. The number of alkyl halides is 3. The average Bonchev–Trinajstić information content (AvgIpc) is 2.93. The maximum absolute atomic E-state index is 13.7. The van der Waals surface area contributed by atoms with E-state index in [1.807, 2.05) is 0 Å². The normalized spacial score (nSPS) is 12.9. The van der Waals surface area contributed by atoms with Gasteiger partial charge in [0, 0.05) is 11.6 Å². The van der Waals surface area contributed by atoms with E-state index in [1.54, 1.807) is 18.2 Å². The van der Waals surface area contributed by atoms with Gasteiger partial charge in [0.2, 0.25) is 0 Å². The first kappa shape index (κ1) is 17.9. The Morgan fingerprint density at radius 2 is 2.04 bits per heavy atom. The van der Waals surface area contributed by atoms with Gasteiger partial charge in [0.15, 0.2) is 0 Å². The quantitative estimate of drug-likeness (QED) is 0.819. The van der Waals surface area contributed by atoms with E-state index in [1.165, 1.54) is 29.9 Å². The van der Waals surface area contributed by atoms with Crippen molar-refractivity contribution in [3.8, 4) is 0 Å². The smallest absolute Gasteiger partial charge is 0.359 e. The standard InChI is InChI=1S/C15H15F4N3O2/c1-10(24-9-15(17,18)19)14(23)21-13-6-7-20-22(13)8-11-4-2-3-5-12(11)16/h2-7,10H,8-9H2,1H3,(H,21,23). The van der Waals surface area contributed by atoms with Crippen LogP contribution in [0.3, 0.4) is 0 Å². The Morgan fingerprint density at radius 1 is 1.33 bits per heavy atom. The van der Waals surface area contributed by atoms with Gasteiger partial charge in [0.25, 0.3) is 5.91 Å². The zero-order valence-electron chi connectivity index (χ0n) is 12.7. The molecule has 0 bridgehead atoms. The van der Waals surface area contributed by atoms with Gasteiger partial charge in [0.1, 0.15) is 24.3 Å². The molecule has 130 valence electrons. The molecule has 0 aliphatic heterocycles. The van der Waals surface area contributed by atoms with Gasteiger partial charge in [-0.05, 0) is 13.0 Å². The SMILES string of the molecule is CC(OCC(F)(F)F)C(=O)Nc1ccnn1Cc1ccccc1F. The third kappa shape index (κ3) is 5.05. The predicted octanol–water partition coefficient (Wildman–Crippen LogP) is 2.98. The Labute approximate surface area is 135 Å². The van der Waals surface area contributed by atoms with E-state index < -0.39 is 30.6 Å². The monoisotopic (exact) mass is 345 g/mol. The largest absolute Gasteiger partial charge is 0.411 e. The summed E-state index contributed by atoms with van der Waals surface area (Å²) >= 11 is 0. The molecule has 0 aliphatic rings. The third-order valence-corrected chi connectivity index (χ3v) is 3.11. The first-order chi connectivity index (χ1) is 11.3. The van der Waals surface area contributed by atoms with Crippen LogP contribution in [0, 0.1) is 5.82 Å². The highest BCUT2D eigenvalue weighted by atomic mass is 19.4. The lowest BCUT2D eigenvalue weighted by atomic mass is 10.2. The number of ether oxygens (including phenoxy) is 1. The minimum absolute atomic E-state index is 0.0626. The number of carbonyl (C=O) groups is 1. The summed E-state index contributed by atoms with van der Waals surface area (Å²) in [5.74, 6) is -0.951. The number of rotatable bonds is 6. The van der Waals surface area contributed by atoms with Gasteiger partial charge in [-0.3, -0.25) is 4.79 Å². The van der Waals surface area contributed by atoms with Crippen molar-refractivity contribution in [3.63, 3.8) is 0 Å². The Morgan fingerprint density at radius 3 is 2.71 bits per heavy atom. The molecule has 1 atom stereocenters. The summed E-state index contributed by atoms with van der Waals surface area (Å²) in [6.07, 6.45) is -4.43. The minimum atomic E-state index is -4.51. The topological polar surface area (TPSA) is 56.1 Å². The molecular formula is C15H15F4N3O2. The van der Waals surface area contributed by atoms with Crippen LogP contribution in [0.2, 0.25) is 0 Å². The number of nitrogens with one attached hydrogen (secondary N) is 1. The number of amides is 1. The van der Waals surface area contributed by atoms with Crippen LogP contribution < -0.4 is 5.32 Å². The Hall–Kier alpha value is -2.42. The van der Waals surface area contributed by atoms with Crippen LogP contribution in [-0.2, 0) is 16.1 Å². The second kappa shape index (κ2) is 7.43. The van der Waals surface area contributed by atoms with Gasteiger partial charge in [-0.25, -0.2) is 9.07 Å². The summed E-state index contributed by atoms with van der Waals surface area (Å²) in [7, 11) is 0. The lowest BCUT2D eigenvalue weighted by Crippen LogP contribution is -2.32. The summed E-state index contributed by atoms with van der Waals surface area (Å²) < 4.78 is 55.7. The Balaban J connectivity index is 2.00. The van der Waals surface area contributed by atoms with Crippen molar-refractivity contribution in [2.45, 2.75) is 25.7 Å². The first-order valence-corrected chi connectivity index (χ1v) is 7.00. The van der Waals surface area contributed by atoms with Crippen molar-refractivity contribution >= 4 is 11.7 Å². The van der Waals surface area contributed by atoms with Crippen molar-refractivity contribution in [3.05, 3.63) is 47.9 Å². The van der Waals surface area contributed by atoms with Crippen molar-refractivity contribution in [1.82, 2.24) is 9.78 Å². The molecule has 0 fully saturated rings. The van der Waals surface area contributed by atoms with Crippen LogP contribution in [-0.4, -0.2) is 34.6 Å². The third-order valence-electron chi connectivity index (χ3n) is 3.11. The Bertz CT molecular complexity index is 700. The summed E-state index contributed by atoms with van der Waals surface area (Å²) in [5.41, 5.74) is 0.359. The zero-order valence-corrected chi connectivity index (χ0v) is 12.7. The number of aromatic nitrogens is 2. The molecule has 1 unspecified atom stereocenters. The van der Waals surface area contributed by atoms with Crippen molar-refractivity contribution in [1.29, 1.82) is 0 Å². The summed E-state index contributed by atoms with van der Waals surface area (Å²) in [6.45, 7) is -0.248. The zero-order chi connectivity index (χ0) is 17.7. The highest BCUT2D eigenvalue weighted by Crippen LogP contribution is 2.17. The predicted molar refractivity (Wildman–Crippen MR) is 77.8 cm³/mol. The van der Waals surface area contributed by atoms with Gasteiger partial charge in [-0.15, -0.1) is 0 Å². The second-order valence-corrected chi connectivity index (χ2v) is 5.02. The number of benzene rings is 1. The van der Waals surface area contributed by atoms with Gasteiger partial charge < -0.3 is 10.1 Å². The van der Waals surface area contributed by atoms with Crippen molar-refractivity contribution < 1.29 is 27.1 Å².